The van der Waals surface area contributed by atoms with Crippen LogP contribution >= 0.6 is 11.5 Å². The second-order valence-corrected chi connectivity index (χ2v) is 6.71. The van der Waals surface area contributed by atoms with Crippen molar-refractivity contribution in [2.24, 2.45) is 7.05 Å². The maximum absolute atomic E-state index is 12.2. The summed E-state index contributed by atoms with van der Waals surface area (Å²) in [5, 5.41) is 7.67. The molecule has 1 aromatic carbocycles. The molecule has 1 fully saturated rings. The summed E-state index contributed by atoms with van der Waals surface area (Å²) >= 11 is 1.40. The standard InChI is InChI=1S/C16H17N5O2S/c1-10-5-3-4-6-13(10)23-9-12-14(11-7-8-11)24-17-15(12)21-16(22)20(2)18-19-21/h3-6,11H,7-9H2,1-2H3/i3T. The normalized spacial score (nSPS) is 14.7. The van der Waals surface area contributed by atoms with E-state index in [-0.39, 0.29) is 5.69 Å². The third kappa shape index (κ3) is 2.62. The lowest BCUT2D eigenvalue weighted by Gasteiger charge is -2.10. The van der Waals surface area contributed by atoms with Crippen LogP contribution in [0.4, 0.5) is 0 Å². The van der Waals surface area contributed by atoms with Crippen LogP contribution in [-0.4, -0.2) is 24.2 Å². The molecule has 0 atom stereocenters. The molecule has 0 N–H and O–H groups in total. The van der Waals surface area contributed by atoms with Gasteiger partial charge >= 0.3 is 5.69 Å². The molecular formula is C16H17N5O2S. The van der Waals surface area contributed by atoms with Crippen LogP contribution in [0.1, 0.15) is 36.1 Å². The van der Waals surface area contributed by atoms with Gasteiger partial charge in [0.05, 0.1) is 6.93 Å². The summed E-state index contributed by atoms with van der Waals surface area (Å²) in [6, 6.07) is 5.70. The molecule has 0 amide bonds. The van der Waals surface area contributed by atoms with E-state index in [9.17, 15) is 4.79 Å². The third-order valence-corrected chi connectivity index (χ3v) is 5.10. The SMILES string of the molecule is [3H]c1ccc(OCc2c(-n3nnn(C)c3=O)nsc2C2CC2)c(C)c1. The largest absolute Gasteiger partial charge is 0.488 e. The number of ether oxygens (including phenoxy) is 1. The number of hydrogen-bond donors (Lipinski definition) is 0. The molecule has 0 radical (unpaired) electrons. The third-order valence-electron chi connectivity index (χ3n) is 4.06. The second kappa shape index (κ2) is 5.86. The zero-order valence-electron chi connectivity index (χ0n) is 14.4. The number of rotatable bonds is 5. The molecule has 2 heterocycles. The maximum Gasteiger partial charge on any atom is 0.369 e. The Morgan fingerprint density at radius 1 is 1.42 bits per heavy atom. The topological polar surface area (TPSA) is 74.8 Å². The van der Waals surface area contributed by atoms with Gasteiger partial charge < -0.3 is 4.74 Å². The fourth-order valence-electron chi connectivity index (χ4n) is 2.54. The van der Waals surface area contributed by atoms with Crippen LogP contribution in [0.25, 0.3) is 5.82 Å². The monoisotopic (exact) mass is 345 g/mol. The molecule has 0 saturated heterocycles. The number of tetrazole rings is 1. The van der Waals surface area contributed by atoms with Crippen LogP contribution in [-0.2, 0) is 13.7 Å². The molecule has 0 aliphatic heterocycles. The summed E-state index contributed by atoms with van der Waals surface area (Å²) in [5.41, 5.74) is 1.47. The lowest BCUT2D eigenvalue weighted by molar-refractivity contribution is 0.302. The Labute approximate surface area is 144 Å². The van der Waals surface area contributed by atoms with Crippen LogP contribution in [0.5, 0.6) is 5.75 Å². The van der Waals surface area contributed by atoms with E-state index >= 15 is 0 Å². The van der Waals surface area contributed by atoms with Crippen molar-refractivity contribution in [1.29, 1.82) is 0 Å². The molecule has 0 spiro atoms. The van der Waals surface area contributed by atoms with E-state index in [1.165, 1.54) is 20.9 Å². The molecule has 1 aliphatic carbocycles. The van der Waals surface area contributed by atoms with E-state index in [1.807, 2.05) is 6.92 Å². The van der Waals surface area contributed by atoms with E-state index in [4.69, 9.17) is 6.11 Å². The summed E-state index contributed by atoms with van der Waals surface area (Å²) < 4.78 is 20.5. The summed E-state index contributed by atoms with van der Waals surface area (Å²) in [7, 11) is 1.56. The Kier molecular flexibility index (Phi) is 3.40. The zero-order chi connectivity index (χ0) is 17.6. The number of hydrogen-bond acceptors (Lipinski definition) is 6. The Hall–Kier alpha value is -2.48. The van der Waals surface area contributed by atoms with Crippen molar-refractivity contribution >= 4 is 11.5 Å². The van der Waals surface area contributed by atoms with Crippen molar-refractivity contribution in [2.75, 3.05) is 0 Å². The van der Waals surface area contributed by atoms with Crippen molar-refractivity contribution in [2.45, 2.75) is 32.3 Å². The van der Waals surface area contributed by atoms with Gasteiger partial charge in [0.25, 0.3) is 0 Å². The second-order valence-electron chi connectivity index (χ2n) is 5.90. The Morgan fingerprint density at radius 2 is 2.25 bits per heavy atom. The molecule has 7 nitrogen and oxygen atoms in total. The Morgan fingerprint density at radius 3 is 2.92 bits per heavy atom. The van der Waals surface area contributed by atoms with Crippen LogP contribution < -0.4 is 10.4 Å². The number of aromatic nitrogens is 5. The van der Waals surface area contributed by atoms with E-state index in [0.29, 0.717) is 24.4 Å². The van der Waals surface area contributed by atoms with Crippen molar-refractivity contribution < 1.29 is 6.11 Å². The van der Waals surface area contributed by atoms with Crippen molar-refractivity contribution in [1.82, 2.24) is 24.2 Å². The van der Waals surface area contributed by atoms with Crippen LogP contribution in [0.15, 0.2) is 29.0 Å². The molecule has 1 saturated carbocycles. The van der Waals surface area contributed by atoms with Crippen molar-refractivity contribution in [3.05, 3.63) is 50.7 Å². The molecule has 2 aromatic heterocycles. The highest BCUT2D eigenvalue weighted by molar-refractivity contribution is 7.06. The van der Waals surface area contributed by atoms with Gasteiger partial charge in [-0.05, 0) is 59.3 Å². The molecule has 4 rings (SSSR count). The first kappa shape index (κ1) is 13.9. The molecule has 0 unspecified atom stereocenters. The first-order valence-electron chi connectivity index (χ1n) is 8.22. The van der Waals surface area contributed by atoms with Gasteiger partial charge in [0.1, 0.15) is 12.4 Å². The van der Waals surface area contributed by atoms with Gasteiger partial charge in [-0.25, -0.2) is 4.79 Å². The molecule has 1 aliphatic rings. The highest BCUT2D eigenvalue weighted by Crippen LogP contribution is 2.45. The predicted molar refractivity (Wildman–Crippen MR) is 89.8 cm³/mol. The molecule has 0 bridgehead atoms. The lowest BCUT2D eigenvalue weighted by Crippen LogP contribution is -2.23. The van der Waals surface area contributed by atoms with Gasteiger partial charge in [0.2, 0.25) is 0 Å². The van der Waals surface area contributed by atoms with Gasteiger partial charge in [0, 0.05) is 11.9 Å². The van der Waals surface area contributed by atoms with E-state index in [1.54, 1.807) is 25.2 Å². The molecule has 8 heteroatoms. The minimum atomic E-state index is -0.330. The molecule has 124 valence electrons. The highest BCUT2D eigenvalue weighted by Gasteiger charge is 2.31. The summed E-state index contributed by atoms with van der Waals surface area (Å²) in [6.07, 6.45) is 2.27. The molecule has 24 heavy (non-hydrogen) atoms. The predicted octanol–water partition coefficient (Wildman–Crippen LogP) is 2.19. The van der Waals surface area contributed by atoms with Crippen LogP contribution in [0.2, 0.25) is 0 Å². The summed E-state index contributed by atoms with van der Waals surface area (Å²) in [5.74, 6) is 1.72. The first-order valence-corrected chi connectivity index (χ1v) is 8.50. The lowest BCUT2D eigenvalue weighted by atomic mass is 10.2. The van der Waals surface area contributed by atoms with Crippen molar-refractivity contribution in [3.63, 3.8) is 0 Å². The minimum absolute atomic E-state index is 0.304. The number of nitrogens with zero attached hydrogens (tertiary/aromatic N) is 5. The van der Waals surface area contributed by atoms with Gasteiger partial charge in [-0.1, -0.05) is 18.2 Å². The van der Waals surface area contributed by atoms with E-state index < -0.39 is 0 Å². The van der Waals surface area contributed by atoms with E-state index in [0.717, 1.165) is 34.6 Å². The van der Waals surface area contributed by atoms with Crippen LogP contribution in [0.3, 0.4) is 0 Å². The van der Waals surface area contributed by atoms with Crippen molar-refractivity contribution in [3.8, 4) is 11.6 Å². The Balaban J connectivity index is 1.69. The average molecular weight is 345 g/mol. The molecular weight excluding hydrogens is 326 g/mol. The smallest absolute Gasteiger partial charge is 0.369 e. The number of para-hydroxylation sites is 1. The van der Waals surface area contributed by atoms with Crippen LogP contribution in [0, 0.1) is 6.92 Å². The van der Waals surface area contributed by atoms with Gasteiger partial charge in [-0.15, -0.1) is 4.68 Å². The van der Waals surface area contributed by atoms with Gasteiger partial charge in [0.15, 0.2) is 5.82 Å². The molecule has 3 aromatic rings. The van der Waals surface area contributed by atoms with E-state index in [2.05, 4.69) is 14.8 Å². The number of aryl methyl sites for hydroxylation is 2. The average Bonchev–Trinajstić information content (AvgIpc) is 3.27. The first-order chi connectivity index (χ1) is 12.0. The van der Waals surface area contributed by atoms with Gasteiger partial charge in [-0.2, -0.15) is 9.06 Å². The van der Waals surface area contributed by atoms with Gasteiger partial charge in [-0.3, -0.25) is 0 Å². The fraction of sp³-hybridized carbons (Fsp3) is 0.375. The summed E-state index contributed by atoms with van der Waals surface area (Å²) in [6.45, 7) is 2.22. The maximum atomic E-state index is 12.2. The Bertz CT molecular complexity index is 989. The summed E-state index contributed by atoms with van der Waals surface area (Å²) in [4.78, 5) is 13.3. The minimum Gasteiger partial charge on any atom is -0.488 e. The number of benzene rings is 1. The highest BCUT2D eigenvalue weighted by atomic mass is 32.1. The quantitative estimate of drug-likeness (QED) is 0.708. The fourth-order valence-corrected chi connectivity index (χ4v) is 3.56. The zero-order valence-corrected chi connectivity index (χ0v) is 14.2.